The summed E-state index contributed by atoms with van der Waals surface area (Å²) in [6.45, 7) is 7.15. The highest BCUT2D eigenvalue weighted by Crippen LogP contribution is 2.09. The van der Waals surface area contributed by atoms with Gasteiger partial charge in [0.25, 0.3) is 0 Å². The summed E-state index contributed by atoms with van der Waals surface area (Å²) in [7, 11) is 0. The average molecular weight is 206 g/mol. The van der Waals surface area contributed by atoms with Gasteiger partial charge in [-0.15, -0.1) is 0 Å². The Morgan fingerprint density at radius 2 is 1.87 bits per heavy atom. The summed E-state index contributed by atoms with van der Waals surface area (Å²) >= 11 is 0. The van der Waals surface area contributed by atoms with Gasteiger partial charge in [-0.25, -0.2) is 0 Å². The van der Waals surface area contributed by atoms with Crippen LogP contribution in [0.1, 0.15) is 37.8 Å². The molecule has 0 spiro atoms. The fraction of sp³-hybridized carbons (Fsp3) is 0.571. The minimum atomic E-state index is 0.403. The van der Waals surface area contributed by atoms with Crippen molar-refractivity contribution < 1.29 is 4.74 Å². The lowest BCUT2D eigenvalue weighted by molar-refractivity contribution is 0.0690. The van der Waals surface area contributed by atoms with E-state index in [4.69, 9.17) is 4.74 Å². The van der Waals surface area contributed by atoms with Gasteiger partial charge in [0.1, 0.15) is 0 Å². The Labute approximate surface area is 93.5 Å². The molecule has 0 fully saturated rings. The van der Waals surface area contributed by atoms with Crippen LogP contribution in [0, 0.1) is 6.92 Å². The standard InChI is InChI=1S/C14H22O/c1-4-15-13(3)6-5-7-14-10-8-12(2)9-11-14/h8-11,13H,4-7H2,1-3H3. The van der Waals surface area contributed by atoms with Crippen LogP contribution < -0.4 is 0 Å². The monoisotopic (exact) mass is 206 g/mol. The second-order valence-electron chi connectivity index (χ2n) is 4.14. The van der Waals surface area contributed by atoms with Gasteiger partial charge in [-0.3, -0.25) is 0 Å². The Kier molecular flexibility index (Phi) is 5.41. The van der Waals surface area contributed by atoms with E-state index in [1.165, 1.54) is 17.5 Å². The summed E-state index contributed by atoms with van der Waals surface area (Å²) in [5.74, 6) is 0. The van der Waals surface area contributed by atoms with Crippen LogP contribution in [-0.2, 0) is 11.2 Å². The van der Waals surface area contributed by atoms with E-state index >= 15 is 0 Å². The molecule has 84 valence electrons. The second kappa shape index (κ2) is 6.62. The molecule has 0 aliphatic carbocycles. The van der Waals surface area contributed by atoms with Gasteiger partial charge in [-0.2, -0.15) is 0 Å². The predicted molar refractivity (Wildman–Crippen MR) is 65.2 cm³/mol. The first kappa shape index (κ1) is 12.3. The molecule has 0 bridgehead atoms. The maximum atomic E-state index is 5.50. The van der Waals surface area contributed by atoms with Crippen LogP contribution in [0.25, 0.3) is 0 Å². The van der Waals surface area contributed by atoms with Gasteiger partial charge < -0.3 is 4.74 Å². The largest absolute Gasteiger partial charge is 0.379 e. The second-order valence-corrected chi connectivity index (χ2v) is 4.14. The van der Waals surface area contributed by atoms with E-state index in [-0.39, 0.29) is 0 Å². The molecule has 0 radical (unpaired) electrons. The van der Waals surface area contributed by atoms with Crippen molar-refractivity contribution in [1.82, 2.24) is 0 Å². The van der Waals surface area contributed by atoms with Gasteiger partial charge in [0.05, 0.1) is 6.10 Å². The summed E-state index contributed by atoms with van der Waals surface area (Å²) < 4.78 is 5.50. The van der Waals surface area contributed by atoms with Gasteiger partial charge in [-0.05, 0) is 45.6 Å². The first-order valence-corrected chi connectivity index (χ1v) is 5.89. The van der Waals surface area contributed by atoms with Crippen molar-refractivity contribution in [2.75, 3.05) is 6.61 Å². The molecule has 15 heavy (non-hydrogen) atoms. The Bertz CT molecular complexity index is 263. The van der Waals surface area contributed by atoms with Crippen LogP contribution in [0.15, 0.2) is 24.3 Å². The lowest BCUT2D eigenvalue weighted by Gasteiger charge is -2.10. The summed E-state index contributed by atoms with van der Waals surface area (Å²) in [6.07, 6.45) is 3.93. The molecule has 1 aromatic rings. The normalized spacial score (nSPS) is 12.7. The fourth-order valence-electron chi connectivity index (χ4n) is 1.72. The SMILES string of the molecule is CCOC(C)CCCc1ccc(C)cc1. The summed E-state index contributed by atoms with van der Waals surface area (Å²) in [5.41, 5.74) is 2.77. The summed E-state index contributed by atoms with van der Waals surface area (Å²) in [5, 5.41) is 0. The van der Waals surface area contributed by atoms with E-state index in [9.17, 15) is 0 Å². The molecule has 0 aliphatic rings. The Balaban J connectivity index is 2.22. The van der Waals surface area contributed by atoms with Crippen molar-refractivity contribution in [3.63, 3.8) is 0 Å². The predicted octanol–water partition coefficient (Wildman–Crippen LogP) is 3.74. The molecule has 0 saturated heterocycles. The first-order chi connectivity index (χ1) is 7.22. The van der Waals surface area contributed by atoms with Crippen molar-refractivity contribution in [3.8, 4) is 0 Å². The number of aryl methyl sites for hydroxylation is 2. The zero-order valence-corrected chi connectivity index (χ0v) is 10.1. The van der Waals surface area contributed by atoms with Crippen LogP contribution in [0.5, 0.6) is 0 Å². The summed E-state index contributed by atoms with van der Waals surface area (Å²) in [4.78, 5) is 0. The molecule has 0 aromatic heterocycles. The molecule has 0 aliphatic heterocycles. The highest BCUT2D eigenvalue weighted by molar-refractivity contribution is 5.21. The third kappa shape index (κ3) is 4.98. The van der Waals surface area contributed by atoms with Crippen molar-refractivity contribution >= 4 is 0 Å². The van der Waals surface area contributed by atoms with E-state index < -0.39 is 0 Å². The zero-order valence-electron chi connectivity index (χ0n) is 10.1. The Hall–Kier alpha value is -0.820. The van der Waals surface area contributed by atoms with Crippen molar-refractivity contribution in [3.05, 3.63) is 35.4 Å². The minimum Gasteiger partial charge on any atom is -0.379 e. The highest BCUT2D eigenvalue weighted by atomic mass is 16.5. The molecule has 0 heterocycles. The maximum absolute atomic E-state index is 5.50. The molecule has 0 saturated carbocycles. The number of ether oxygens (including phenoxy) is 1. The molecule has 1 unspecified atom stereocenters. The zero-order chi connectivity index (χ0) is 11.1. The van der Waals surface area contributed by atoms with Gasteiger partial charge in [0.15, 0.2) is 0 Å². The van der Waals surface area contributed by atoms with Crippen LogP contribution in [0.4, 0.5) is 0 Å². The molecule has 1 aromatic carbocycles. The van der Waals surface area contributed by atoms with Crippen LogP contribution in [0.2, 0.25) is 0 Å². The third-order valence-corrected chi connectivity index (χ3v) is 2.65. The first-order valence-electron chi connectivity index (χ1n) is 5.89. The lowest BCUT2D eigenvalue weighted by atomic mass is 10.1. The highest BCUT2D eigenvalue weighted by Gasteiger charge is 2.00. The van der Waals surface area contributed by atoms with E-state index in [1.807, 2.05) is 0 Å². The van der Waals surface area contributed by atoms with E-state index in [1.54, 1.807) is 0 Å². The Morgan fingerprint density at radius 3 is 2.47 bits per heavy atom. The van der Waals surface area contributed by atoms with Gasteiger partial charge in [-0.1, -0.05) is 29.8 Å². The molecular weight excluding hydrogens is 184 g/mol. The minimum absolute atomic E-state index is 0.403. The van der Waals surface area contributed by atoms with Crippen LogP contribution in [-0.4, -0.2) is 12.7 Å². The van der Waals surface area contributed by atoms with E-state index in [2.05, 4.69) is 45.0 Å². The molecule has 1 atom stereocenters. The molecule has 0 N–H and O–H groups in total. The third-order valence-electron chi connectivity index (χ3n) is 2.65. The lowest BCUT2D eigenvalue weighted by Crippen LogP contribution is -2.07. The fourth-order valence-corrected chi connectivity index (χ4v) is 1.72. The van der Waals surface area contributed by atoms with Gasteiger partial charge >= 0.3 is 0 Å². The average Bonchev–Trinajstić information content (AvgIpc) is 2.21. The topological polar surface area (TPSA) is 9.23 Å². The number of hydrogen-bond acceptors (Lipinski definition) is 1. The molecule has 1 rings (SSSR count). The molecule has 1 heteroatoms. The molecular formula is C14H22O. The van der Waals surface area contributed by atoms with Crippen LogP contribution >= 0.6 is 0 Å². The summed E-state index contributed by atoms with van der Waals surface area (Å²) in [6, 6.07) is 8.81. The van der Waals surface area contributed by atoms with Gasteiger partial charge in [0.2, 0.25) is 0 Å². The quantitative estimate of drug-likeness (QED) is 0.689. The maximum Gasteiger partial charge on any atom is 0.0547 e. The smallest absolute Gasteiger partial charge is 0.0547 e. The molecule has 0 amide bonds. The van der Waals surface area contributed by atoms with Crippen molar-refractivity contribution in [1.29, 1.82) is 0 Å². The Morgan fingerprint density at radius 1 is 1.20 bits per heavy atom. The number of benzene rings is 1. The molecule has 1 nitrogen and oxygen atoms in total. The number of hydrogen-bond donors (Lipinski definition) is 0. The van der Waals surface area contributed by atoms with Gasteiger partial charge in [0, 0.05) is 6.61 Å². The number of rotatable bonds is 6. The van der Waals surface area contributed by atoms with Crippen molar-refractivity contribution in [2.24, 2.45) is 0 Å². The van der Waals surface area contributed by atoms with Crippen LogP contribution in [0.3, 0.4) is 0 Å². The van der Waals surface area contributed by atoms with E-state index in [0.29, 0.717) is 6.10 Å². The van der Waals surface area contributed by atoms with E-state index in [0.717, 1.165) is 19.4 Å². The van der Waals surface area contributed by atoms with Crippen molar-refractivity contribution in [2.45, 2.75) is 46.1 Å².